The average molecular weight is 386 g/mol. The lowest BCUT2D eigenvalue weighted by atomic mass is 10.1. The van der Waals surface area contributed by atoms with Gasteiger partial charge in [0.25, 0.3) is 11.8 Å². The van der Waals surface area contributed by atoms with Gasteiger partial charge in [-0.05, 0) is 19.1 Å². The summed E-state index contributed by atoms with van der Waals surface area (Å²) < 4.78 is 34.1. The normalized spacial score (nSPS) is 12.4. The first-order valence-corrected chi connectivity index (χ1v) is 8.23. The molecule has 1 aromatic heterocycles. The number of rotatable bonds is 6. The molecule has 0 saturated heterocycles. The van der Waals surface area contributed by atoms with Crippen LogP contribution in [0.5, 0.6) is 0 Å². The maximum absolute atomic E-state index is 14.5. The van der Waals surface area contributed by atoms with E-state index in [0.717, 1.165) is 5.56 Å². The van der Waals surface area contributed by atoms with Crippen molar-refractivity contribution in [1.82, 2.24) is 15.5 Å². The standard InChI is InChI=1S/C19H16F2N4O3/c1-11-7-9-12(10-8-11)16(27)23-14(15(22)26)17-24-25-18(28-17)19(20,21)13-5-3-2-4-6-13/h2-10,14H,1H3,(H2,22,26)(H,23,27). The molecule has 0 fully saturated rings. The zero-order chi connectivity index (χ0) is 20.3. The minimum Gasteiger partial charge on any atom is -0.416 e. The minimum atomic E-state index is -3.57. The number of nitrogens with one attached hydrogen (secondary N) is 1. The topological polar surface area (TPSA) is 111 Å². The number of carbonyl (C=O) groups excluding carboxylic acids is 2. The quantitative estimate of drug-likeness (QED) is 0.676. The molecule has 1 atom stereocenters. The monoisotopic (exact) mass is 386 g/mol. The highest BCUT2D eigenvalue weighted by Crippen LogP contribution is 2.35. The first-order chi connectivity index (χ1) is 13.3. The molecule has 9 heteroatoms. The fourth-order valence-corrected chi connectivity index (χ4v) is 2.42. The van der Waals surface area contributed by atoms with Crippen molar-refractivity contribution in [2.24, 2.45) is 5.73 Å². The van der Waals surface area contributed by atoms with Crippen molar-refractivity contribution in [3.05, 3.63) is 83.1 Å². The molecule has 0 aliphatic carbocycles. The number of aryl methyl sites for hydroxylation is 1. The lowest BCUT2D eigenvalue weighted by molar-refractivity contribution is -0.120. The van der Waals surface area contributed by atoms with Crippen LogP contribution in [-0.4, -0.2) is 22.0 Å². The van der Waals surface area contributed by atoms with Crippen LogP contribution in [0.25, 0.3) is 0 Å². The second-order valence-electron chi connectivity index (χ2n) is 6.06. The van der Waals surface area contributed by atoms with Gasteiger partial charge in [-0.1, -0.05) is 48.0 Å². The molecule has 0 aliphatic rings. The Bertz CT molecular complexity index is 988. The molecule has 2 aromatic carbocycles. The van der Waals surface area contributed by atoms with E-state index in [9.17, 15) is 18.4 Å². The zero-order valence-electron chi connectivity index (χ0n) is 14.7. The predicted octanol–water partition coefficient (Wildman–Crippen LogP) is 2.47. The lowest BCUT2D eigenvalue weighted by Crippen LogP contribution is -2.37. The fourth-order valence-electron chi connectivity index (χ4n) is 2.42. The number of nitrogens with two attached hydrogens (primary N) is 1. The fraction of sp³-hybridized carbons (Fsp3) is 0.158. The van der Waals surface area contributed by atoms with Gasteiger partial charge in [0.15, 0.2) is 6.04 Å². The predicted molar refractivity (Wildman–Crippen MR) is 94.3 cm³/mol. The third-order valence-electron chi connectivity index (χ3n) is 3.97. The maximum Gasteiger partial charge on any atom is 0.349 e. The number of hydrogen-bond acceptors (Lipinski definition) is 5. The van der Waals surface area contributed by atoms with E-state index < -0.39 is 35.6 Å². The van der Waals surface area contributed by atoms with Crippen molar-refractivity contribution in [2.45, 2.75) is 18.9 Å². The molecule has 0 bridgehead atoms. The summed E-state index contributed by atoms with van der Waals surface area (Å²) in [4.78, 5) is 24.1. The van der Waals surface area contributed by atoms with E-state index >= 15 is 0 Å². The van der Waals surface area contributed by atoms with Crippen LogP contribution in [0.15, 0.2) is 59.0 Å². The van der Waals surface area contributed by atoms with Crippen LogP contribution in [0, 0.1) is 6.92 Å². The van der Waals surface area contributed by atoms with Crippen molar-refractivity contribution in [3.63, 3.8) is 0 Å². The molecule has 0 aliphatic heterocycles. The van der Waals surface area contributed by atoms with Crippen molar-refractivity contribution in [1.29, 1.82) is 0 Å². The molecule has 0 radical (unpaired) electrons. The molecule has 1 unspecified atom stereocenters. The van der Waals surface area contributed by atoms with Gasteiger partial charge in [0.1, 0.15) is 0 Å². The first-order valence-electron chi connectivity index (χ1n) is 8.23. The Kier molecular flexibility index (Phi) is 5.16. The highest BCUT2D eigenvalue weighted by Gasteiger charge is 2.41. The minimum absolute atomic E-state index is 0.256. The summed E-state index contributed by atoms with van der Waals surface area (Å²) in [7, 11) is 0. The summed E-state index contributed by atoms with van der Waals surface area (Å²) in [6, 6.07) is 11.8. The average Bonchev–Trinajstić information content (AvgIpc) is 3.17. The molecule has 2 amide bonds. The van der Waals surface area contributed by atoms with Gasteiger partial charge < -0.3 is 15.5 Å². The summed E-state index contributed by atoms with van der Waals surface area (Å²) in [6.07, 6.45) is 0. The highest BCUT2D eigenvalue weighted by atomic mass is 19.3. The summed E-state index contributed by atoms with van der Waals surface area (Å²) in [5, 5.41) is 9.13. The van der Waals surface area contributed by atoms with E-state index in [0.29, 0.717) is 0 Å². The van der Waals surface area contributed by atoms with Crippen LogP contribution >= 0.6 is 0 Å². The Labute approximate surface area is 158 Å². The number of carbonyl (C=O) groups is 2. The Morgan fingerprint density at radius 3 is 2.32 bits per heavy atom. The molecule has 144 valence electrons. The van der Waals surface area contributed by atoms with E-state index in [2.05, 4.69) is 15.5 Å². The van der Waals surface area contributed by atoms with Gasteiger partial charge in [0, 0.05) is 11.1 Å². The summed E-state index contributed by atoms with van der Waals surface area (Å²) >= 11 is 0. The lowest BCUT2D eigenvalue weighted by Gasteiger charge is -2.13. The van der Waals surface area contributed by atoms with E-state index in [1.807, 2.05) is 6.92 Å². The largest absolute Gasteiger partial charge is 0.416 e. The molecule has 3 aromatic rings. The zero-order valence-corrected chi connectivity index (χ0v) is 14.7. The van der Waals surface area contributed by atoms with Gasteiger partial charge in [0.05, 0.1) is 0 Å². The van der Waals surface area contributed by atoms with E-state index in [1.54, 1.807) is 30.3 Å². The van der Waals surface area contributed by atoms with Crippen molar-refractivity contribution >= 4 is 11.8 Å². The number of alkyl halides is 2. The SMILES string of the molecule is Cc1ccc(C(=O)NC(C(N)=O)c2nnc(C(F)(F)c3ccccc3)o2)cc1. The van der Waals surface area contributed by atoms with Crippen LogP contribution in [0.2, 0.25) is 0 Å². The molecule has 3 rings (SSSR count). The van der Waals surface area contributed by atoms with Crippen LogP contribution in [0.4, 0.5) is 8.78 Å². The molecule has 0 spiro atoms. The third-order valence-corrected chi connectivity index (χ3v) is 3.97. The Hall–Kier alpha value is -3.62. The van der Waals surface area contributed by atoms with Crippen LogP contribution in [-0.2, 0) is 10.7 Å². The molecular formula is C19H16F2N4O3. The Balaban J connectivity index is 1.85. The highest BCUT2D eigenvalue weighted by molar-refractivity contribution is 5.97. The van der Waals surface area contributed by atoms with Gasteiger partial charge in [0.2, 0.25) is 11.8 Å². The number of nitrogens with zero attached hydrogens (tertiary/aromatic N) is 2. The van der Waals surface area contributed by atoms with Gasteiger partial charge in [-0.2, -0.15) is 8.78 Å². The molecule has 7 nitrogen and oxygen atoms in total. The van der Waals surface area contributed by atoms with Crippen LogP contribution in [0.3, 0.4) is 0 Å². The van der Waals surface area contributed by atoms with E-state index in [-0.39, 0.29) is 11.1 Å². The molecule has 1 heterocycles. The number of primary amides is 1. The van der Waals surface area contributed by atoms with Gasteiger partial charge in [-0.3, -0.25) is 9.59 Å². The maximum atomic E-state index is 14.5. The summed E-state index contributed by atoms with van der Waals surface area (Å²) in [5.74, 6) is -6.78. The molecular weight excluding hydrogens is 370 g/mol. The van der Waals surface area contributed by atoms with Gasteiger partial charge in [-0.15, -0.1) is 10.2 Å². The number of amides is 2. The second kappa shape index (κ2) is 7.55. The molecule has 28 heavy (non-hydrogen) atoms. The molecule has 3 N–H and O–H groups in total. The number of halogens is 2. The number of hydrogen-bond donors (Lipinski definition) is 2. The Morgan fingerprint density at radius 2 is 1.71 bits per heavy atom. The van der Waals surface area contributed by atoms with Crippen molar-refractivity contribution in [2.75, 3.05) is 0 Å². The summed E-state index contributed by atoms with van der Waals surface area (Å²) in [5.41, 5.74) is 6.12. The number of benzene rings is 2. The third kappa shape index (κ3) is 3.88. The Morgan fingerprint density at radius 1 is 1.07 bits per heavy atom. The van der Waals surface area contributed by atoms with E-state index in [1.165, 1.54) is 24.3 Å². The van der Waals surface area contributed by atoms with Crippen molar-refractivity contribution in [3.8, 4) is 0 Å². The van der Waals surface area contributed by atoms with Crippen LogP contribution < -0.4 is 11.1 Å². The first kappa shape index (κ1) is 19.2. The van der Waals surface area contributed by atoms with Gasteiger partial charge in [-0.25, -0.2) is 0 Å². The van der Waals surface area contributed by atoms with Gasteiger partial charge >= 0.3 is 5.92 Å². The summed E-state index contributed by atoms with van der Waals surface area (Å²) in [6.45, 7) is 1.85. The van der Waals surface area contributed by atoms with Crippen LogP contribution in [0.1, 0.15) is 39.3 Å². The number of aromatic nitrogens is 2. The van der Waals surface area contributed by atoms with Crippen molar-refractivity contribution < 1.29 is 22.8 Å². The smallest absolute Gasteiger partial charge is 0.349 e. The van der Waals surface area contributed by atoms with E-state index in [4.69, 9.17) is 10.2 Å². The molecule has 0 saturated carbocycles. The second-order valence-corrected chi connectivity index (χ2v) is 6.06.